The van der Waals surface area contributed by atoms with Gasteiger partial charge in [-0.15, -0.1) is 0 Å². The van der Waals surface area contributed by atoms with Crippen molar-refractivity contribution in [1.29, 1.82) is 0 Å². The van der Waals surface area contributed by atoms with Crippen molar-refractivity contribution in [1.82, 2.24) is 19.0 Å². The van der Waals surface area contributed by atoms with Gasteiger partial charge in [-0.05, 0) is 23.8 Å². The second kappa shape index (κ2) is 8.96. The number of carbonyl (C=O) groups is 1. The zero-order valence-corrected chi connectivity index (χ0v) is 17.0. The molecule has 0 saturated carbocycles. The van der Waals surface area contributed by atoms with E-state index in [0.29, 0.717) is 19.6 Å². The van der Waals surface area contributed by atoms with Crippen molar-refractivity contribution < 1.29 is 13.2 Å². The van der Waals surface area contributed by atoms with Crippen LogP contribution in [0, 0.1) is 0 Å². The highest BCUT2D eigenvalue weighted by molar-refractivity contribution is 7.89. The molecule has 1 heterocycles. The third kappa shape index (κ3) is 5.27. The van der Waals surface area contributed by atoms with Gasteiger partial charge in [-0.2, -0.15) is 9.40 Å². The quantitative estimate of drug-likeness (QED) is 0.647. The van der Waals surface area contributed by atoms with E-state index in [4.69, 9.17) is 0 Å². The highest BCUT2D eigenvalue weighted by Gasteiger charge is 2.20. The maximum absolute atomic E-state index is 12.5. The van der Waals surface area contributed by atoms with Crippen molar-refractivity contribution >= 4 is 22.0 Å². The van der Waals surface area contributed by atoms with Crippen molar-refractivity contribution in [2.75, 3.05) is 20.1 Å². The fourth-order valence-electron chi connectivity index (χ4n) is 2.66. The summed E-state index contributed by atoms with van der Waals surface area (Å²) >= 11 is 0. The van der Waals surface area contributed by atoms with E-state index in [1.54, 1.807) is 53.2 Å². The van der Waals surface area contributed by atoms with Crippen LogP contribution >= 0.6 is 0 Å². The molecule has 0 bridgehead atoms. The van der Waals surface area contributed by atoms with Crippen LogP contribution in [0.25, 0.3) is 6.08 Å². The van der Waals surface area contributed by atoms with Crippen molar-refractivity contribution in [3.05, 3.63) is 53.9 Å². The number of aryl methyl sites for hydroxylation is 1. The van der Waals surface area contributed by atoms with Gasteiger partial charge in [0.05, 0.1) is 11.1 Å². The number of rotatable bonds is 8. The third-order valence-electron chi connectivity index (χ3n) is 4.20. The fourth-order valence-corrected chi connectivity index (χ4v) is 4.12. The number of nitrogens with zero attached hydrogens (tertiary/aromatic N) is 4. The minimum Gasteiger partial charge on any atom is -0.338 e. The largest absolute Gasteiger partial charge is 0.338 e. The predicted molar refractivity (Wildman–Crippen MR) is 105 cm³/mol. The van der Waals surface area contributed by atoms with Gasteiger partial charge in [0.15, 0.2) is 0 Å². The molecule has 0 spiro atoms. The lowest BCUT2D eigenvalue weighted by Crippen LogP contribution is -2.30. The summed E-state index contributed by atoms with van der Waals surface area (Å²) in [7, 11) is 0.0812. The van der Waals surface area contributed by atoms with E-state index in [2.05, 4.69) is 5.10 Å². The summed E-state index contributed by atoms with van der Waals surface area (Å²) in [5, 5.41) is 4.08. The summed E-state index contributed by atoms with van der Waals surface area (Å²) in [6, 6.07) is 6.52. The number of aromatic nitrogens is 2. The summed E-state index contributed by atoms with van der Waals surface area (Å²) < 4.78 is 28.1. The Morgan fingerprint density at radius 2 is 1.81 bits per heavy atom. The van der Waals surface area contributed by atoms with E-state index in [1.807, 2.05) is 27.1 Å². The summed E-state index contributed by atoms with van der Waals surface area (Å²) in [4.78, 5) is 14.1. The number of carbonyl (C=O) groups excluding carboxylic acids is 1. The van der Waals surface area contributed by atoms with Crippen molar-refractivity contribution in [2.45, 2.75) is 25.3 Å². The zero-order chi connectivity index (χ0) is 20.0. The summed E-state index contributed by atoms with van der Waals surface area (Å²) in [5.74, 6) is -0.140. The minimum atomic E-state index is -3.47. The Hall–Kier alpha value is -2.45. The van der Waals surface area contributed by atoms with E-state index in [0.717, 1.165) is 11.1 Å². The molecule has 1 aromatic carbocycles. The van der Waals surface area contributed by atoms with Gasteiger partial charge in [-0.25, -0.2) is 8.42 Å². The molecule has 1 amide bonds. The van der Waals surface area contributed by atoms with Gasteiger partial charge in [-0.1, -0.05) is 26.0 Å². The molecule has 0 atom stereocenters. The number of hydrogen-bond acceptors (Lipinski definition) is 4. The SMILES string of the molecule is CCN(CC)S(=O)(=O)c1ccc(/C=C/C(=O)N(C)Cc2cnn(C)c2)cc1. The Labute approximate surface area is 160 Å². The van der Waals surface area contributed by atoms with Crippen LogP contribution in [0.3, 0.4) is 0 Å². The first kappa shape index (κ1) is 20.9. The average Bonchev–Trinajstić information content (AvgIpc) is 3.05. The van der Waals surface area contributed by atoms with Crippen LogP contribution in [0.5, 0.6) is 0 Å². The molecule has 0 fully saturated rings. The van der Waals surface area contributed by atoms with Crippen LogP contribution in [0.2, 0.25) is 0 Å². The normalized spacial score (nSPS) is 12.0. The molecule has 0 saturated heterocycles. The Morgan fingerprint density at radius 1 is 1.19 bits per heavy atom. The predicted octanol–water partition coefficient (Wildman–Crippen LogP) is 2.12. The molecule has 1 aromatic heterocycles. The number of amides is 1. The molecule has 0 aliphatic rings. The van der Waals surface area contributed by atoms with Gasteiger partial charge in [0.25, 0.3) is 0 Å². The molecule has 0 aliphatic carbocycles. The number of likely N-dealkylation sites (N-methyl/N-ethyl adjacent to an activating group) is 1. The standard InChI is InChI=1S/C19H26N4O3S/c1-5-23(6-2)27(25,26)18-10-7-16(8-11-18)9-12-19(24)21(3)14-17-13-20-22(4)15-17/h7-13,15H,5-6,14H2,1-4H3/b12-9+. The number of benzene rings is 1. The number of sulfonamides is 1. The smallest absolute Gasteiger partial charge is 0.246 e. The van der Waals surface area contributed by atoms with Crippen LogP contribution in [0.1, 0.15) is 25.0 Å². The molecule has 0 aliphatic heterocycles. The van der Waals surface area contributed by atoms with Gasteiger partial charge in [0.2, 0.25) is 15.9 Å². The molecule has 146 valence electrons. The van der Waals surface area contributed by atoms with Crippen LogP contribution in [0.15, 0.2) is 47.6 Å². The molecule has 7 nitrogen and oxygen atoms in total. The lowest BCUT2D eigenvalue weighted by atomic mass is 10.2. The Bertz CT molecular complexity index is 897. The lowest BCUT2D eigenvalue weighted by Gasteiger charge is -2.18. The van der Waals surface area contributed by atoms with Crippen LogP contribution < -0.4 is 0 Å². The molecule has 0 unspecified atom stereocenters. The van der Waals surface area contributed by atoms with Gasteiger partial charge >= 0.3 is 0 Å². The van der Waals surface area contributed by atoms with Crippen LogP contribution in [-0.4, -0.2) is 53.4 Å². The molecular formula is C19H26N4O3S. The van der Waals surface area contributed by atoms with Crippen molar-refractivity contribution in [2.24, 2.45) is 7.05 Å². The van der Waals surface area contributed by atoms with E-state index >= 15 is 0 Å². The van der Waals surface area contributed by atoms with Gasteiger partial charge < -0.3 is 4.90 Å². The maximum atomic E-state index is 12.5. The first-order chi connectivity index (χ1) is 12.8. The third-order valence-corrected chi connectivity index (χ3v) is 6.26. The molecule has 0 N–H and O–H groups in total. The molecule has 2 rings (SSSR count). The Kier molecular flexibility index (Phi) is 6.92. The van der Waals surface area contributed by atoms with Crippen molar-refractivity contribution in [3.63, 3.8) is 0 Å². The summed E-state index contributed by atoms with van der Waals surface area (Å²) in [5.41, 5.74) is 1.71. The van der Waals surface area contributed by atoms with Gasteiger partial charge in [-0.3, -0.25) is 9.48 Å². The minimum absolute atomic E-state index is 0.140. The highest BCUT2D eigenvalue weighted by Crippen LogP contribution is 2.17. The summed E-state index contributed by atoms with van der Waals surface area (Å²) in [6.45, 7) is 4.95. The Balaban J connectivity index is 2.03. The second-order valence-corrected chi connectivity index (χ2v) is 8.15. The zero-order valence-electron chi connectivity index (χ0n) is 16.2. The monoisotopic (exact) mass is 390 g/mol. The molecule has 8 heteroatoms. The van der Waals surface area contributed by atoms with Gasteiger partial charge in [0, 0.05) is 51.6 Å². The summed E-state index contributed by atoms with van der Waals surface area (Å²) in [6.07, 6.45) is 6.74. The van der Waals surface area contributed by atoms with Crippen LogP contribution in [-0.2, 0) is 28.4 Å². The van der Waals surface area contributed by atoms with E-state index < -0.39 is 10.0 Å². The topological polar surface area (TPSA) is 75.5 Å². The van der Waals surface area contributed by atoms with E-state index in [1.165, 1.54) is 10.4 Å². The second-order valence-electron chi connectivity index (χ2n) is 6.21. The molecule has 2 aromatic rings. The van der Waals surface area contributed by atoms with E-state index in [9.17, 15) is 13.2 Å². The van der Waals surface area contributed by atoms with Crippen LogP contribution in [0.4, 0.5) is 0 Å². The molecular weight excluding hydrogens is 364 g/mol. The lowest BCUT2D eigenvalue weighted by molar-refractivity contribution is -0.125. The highest BCUT2D eigenvalue weighted by atomic mass is 32.2. The molecule has 0 radical (unpaired) electrons. The number of hydrogen-bond donors (Lipinski definition) is 0. The van der Waals surface area contributed by atoms with Gasteiger partial charge in [0.1, 0.15) is 0 Å². The fraction of sp³-hybridized carbons (Fsp3) is 0.368. The first-order valence-electron chi connectivity index (χ1n) is 8.78. The molecule has 27 heavy (non-hydrogen) atoms. The van der Waals surface area contributed by atoms with E-state index in [-0.39, 0.29) is 10.8 Å². The first-order valence-corrected chi connectivity index (χ1v) is 10.2. The van der Waals surface area contributed by atoms with Crippen molar-refractivity contribution in [3.8, 4) is 0 Å². The Morgan fingerprint density at radius 3 is 2.33 bits per heavy atom. The average molecular weight is 391 g/mol. The maximum Gasteiger partial charge on any atom is 0.246 e.